The number of aliphatic hydroxyl groups excluding tert-OH is 1. The normalized spacial score (nSPS) is 11.8. The zero-order valence-electron chi connectivity index (χ0n) is 12.9. The molecule has 3 rings (SSSR count). The fourth-order valence-electron chi connectivity index (χ4n) is 2.36. The van der Waals surface area contributed by atoms with Gasteiger partial charge in [0.1, 0.15) is 0 Å². The number of anilines is 1. The lowest BCUT2D eigenvalue weighted by Crippen LogP contribution is -2.13. The molecule has 0 unspecified atom stereocenters. The van der Waals surface area contributed by atoms with Gasteiger partial charge in [-0.25, -0.2) is 13.2 Å². The zero-order valence-corrected chi connectivity index (χ0v) is 13.7. The number of aromatic nitrogens is 1. The van der Waals surface area contributed by atoms with Crippen molar-refractivity contribution in [2.45, 2.75) is 11.3 Å². The molecule has 126 valence electrons. The molecule has 0 atom stereocenters. The van der Waals surface area contributed by atoms with Gasteiger partial charge in [0.15, 0.2) is 5.58 Å². The number of nitrogens with zero attached hydrogens (tertiary/aromatic N) is 1. The van der Waals surface area contributed by atoms with Gasteiger partial charge in [0, 0.05) is 19.3 Å². The minimum absolute atomic E-state index is 0.0332. The summed E-state index contributed by atoms with van der Waals surface area (Å²) in [5.41, 5.74) is 2.06. The topological polar surface area (TPSA) is 102 Å². The molecular formula is C16H16N2O5S. The van der Waals surface area contributed by atoms with Crippen LogP contribution in [0.15, 0.2) is 56.6 Å². The Hall–Kier alpha value is -2.58. The lowest BCUT2D eigenvalue weighted by atomic mass is 10.1. The number of aryl methyl sites for hydroxylation is 1. The highest BCUT2D eigenvalue weighted by molar-refractivity contribution is 7.92. The summed E-state index contributed by atoms with van der Waals surface area (Å²) < 4.78 is 33.7. The fourth-order valence-corrected chi connectivity index (χ4v) is 3.43. The maximum atomic E-state index is 12.5. The van der Waals surface area contributed by atoms with Gasteiger partial charge in [0.25, 0.3) is 10.0 Å². The van der Waals surface area contributed by atoms with Crippen molar-refractivity contribution in [1.82, 2.24) is 4.57 Å². The van der Waals surface area contributed by atoms with Crippen LogP contribution < -0.4 is 10.5 Å². The molecule has 2 N–H and O–H groups in total. The van der Waals surface area contributed by atoms with Crippen molar-refractivity contribution in [3.8, 4) is 0 Å². The molecule has 0 aliphatic carbocycles. The summed E-state index contributed by atoms with van der Waals surface area (Å²) in [6, 6.07) is 11.0. The molecule has 1 aromatic heterocycles. The van der Waals surface area contributed by atoms with Crippen molar-refractivity contribution >= 4 is 26.8 Å². The third kappa shape index (κ3) is 3.06. The molecule has 0 aliphatic heterocycles. The Labute approximate surface area is 138 Å². The minimum Gasteiger partial charge on any atom is -0.408 e. The van der Waals surface area contributed by atoms with Crippen LogP contribution in [-0.4, -0.2) is 24.7 Å². The van der Waals surface area contributed by atoms with Gasteiger partial charge < -0.3 is 9.52 Å². The first-order chi connectivity index (χ1) is 11.4. The summed E-state index contributed by atoms with van der Waals surface area (Å²) >= 11 is 0. The largest absolute Gasteiger partial charge is 0.419 e. The van der Waals surface area contributed by atoms with Crippen molar-refractivity contribution in [1.29, 1.82) is 0 Å². The third-order valence-corrected chi connectivity index (χ3v) is 5.06. The van der Waals surface area contributed by atoms with Gasteiger partial charge in [0.05, 0.1) is 10.4 Å². The summed E-state index contributed by atoms with van der Waals surface area (Å²) in [6.45, 7) is 0.0362. The summed E-state index contributed by atoms with van der Waals surface area (Å²) in [5.74, 6) is -0.549. The van der Waals surface area contributed by atoms with E-state index in [1.165, 1.54) is 29.8 Å². The van der Waals surface area contributed by atoms with Crippen LogP contribution in [0.1, 0.15) is 5.56 Å². The molecule has 8 heteroatoms. The fraction of sp³-hybridized carbons (Fsp3) is 0.188. The van der Waals surface area contributed by atoms with E-state index in [9.17, 15) is 13.2 Å². The van der Waals surface area contributed by atoms with Crippen molar-refractivity contribution in [2.75, 3.05) is 11.3 Å². The summed E-state index contributed by atoms with van der Waals surface area (Å²) in [4.78, 5) is 11.5. The van der Waals surface area contributed by atoms with E-state index < -0.39 is 15.8 Å². The number of hydrogen-bond donors (Lipinski definition) is 2. The first-order valence-corrected chi connectivity index (χ1v) is 8.71. The Kier molecular flexibility index (Phi) is 4.16. The number of benzene rings is 2. The number of hydrogen-bond acceptors (Lipinski definition) is 5. The molecule has 0 spiro atoms. The smallest absolute Gasteiger partial charge is 0.408 e. The van der Waals surface area contributed by atoms with Crippen LogP contribution in [0.25, 0.3) is 11.1 Å². The molecule has 7 nitrogen and oxygen atoms in total. The Bertz CT molecular complexity index is 1030. The van der Waals surface area contributed by atoms with E-state index in [2.05, 4.69) is 4.72 Å². The van der Waals surface area contributed by atoms with Crippen LogP contribution in [0.5, 0.6) is 0 Å². The molecule has 0 aliphatic rings. The Balaban J connectivity index is 1.92. The van der Waals surface area contributed by atoms with Gasteiger partial charge in [-0.1, -0.05) is 12.1 Å². The SMILES string of the molecule is Cn1c(=O)oc2ccc(S(=O)(=O)Nc3ccc(CCO)cc3)cc21. The van der Waals surface area contributed by atoms with Crippen molar-refractivity contribution < 1.29 is 17.9 Å². The molecular weight excluding hydrogens is 332 g/mol. The second-order valence-electron chi connectivity index (χ2n) is 5.33. The number of rotatable bonds is 5. The molecule has 1 heterocycles. The first kappa shape index (κ1) is 16.3. The second kappa shape index (κ2) is 6.14. The van der Waals surface area contributed by atoms with E-state index in [1.54, 1.807) is 24.3 Å². The van der Waals surface area contributed by atoms with Gasteiger partial charge in [-0.05, 0) is 42.3 Å². The van der Waals surface area contributed by atoms with E-state index >= 15 is 0 Å². The standard InChI is InChI=1S/C16H16N2O5S/c1-18-14-10-13(6-7-15(14)23-16(18)20)24(21,22)17-12-4-2-11(3-5-12)8-9-19/h2-7,10,17,19H,8-9H2,1H3. The Morgan fingerprint density at radius 1 is 1.17 bits per heavy atom. The van der Waals surface area contributed by atoms with Crippen molar-refractivity contribution in [3.63, 3.8) is 0 Å². The predicted molar refractivity (Wildman–Crippen MR) is 89.5 cm³/mol. The number of oxazole rings is 1. The molecule has 0 fully saturated rings. The maximum Gasteiger partial charge on any atom is 0.419 e. The average Bonchev–Trinajstić information content (AvgIpc) is 2.84. The van der Waals surface area contributed by atoms with Gasteiger partial charge in [-0.3, -0.25) is 9.29 Å². The average molecular weight is 348 g/mol. The van der Waals surface area contributed by atoms with E-state index in [-0.39, 0.29) is 11.5 Å². The van der Waals surface area contributed by atoms with Crippen LogP contribution in [-0.2, 0) is 23.5 Å². The molecule has 0 amide bonds. The van der Waals surface area contributed by atoms with Crippen molar-refractivity contribution in [2.24, 2.45) is 7.05 Å². The Morgan fingerprint density at radius 2 is 1.88 bits per heavy atom. The molecule has 0 saturated carbocycles. The molecule has 0 saturated heterocycles. The van der Waals surface area contributed by atoms with Gasteiger partial charge in [-0.2, -0.15) is 0 Å². The summed E-state index contributed by atoms with van der Waals surface area (Å²) in [6.07, 6.45) is 0.512. The van der Waals surface area contributed by atoms with Crippen LogP contribution in [0.4, 0.5) is 5.69 Å². The number of nitrogens with one attached hydrogen (secondary N) is 1. The highest BCUT2D eigenvalue weighted by Crippen LogP contribution is 2.21. The van der Waals surface area contributed by atoms with E-state index in [4.69, 9.17) is 9.52 Å². The van der Waals surface area contributed by atoms with Crippen LogP contribution in [0.2, 0.25) is 0 Å². The van der Waals surface area contributed by atoms with Gasteiger partial charge >= 0.3 is 5.76 Å². The minimum atomic E-state index is -3.79. The first-order valence-electron chi connectivity index (χ1n) is 7.23. The lowest BCUT2D eigenvalue weighted by Gasteiger charge is -2.09. The van der Waals surface area contributed by atoms with E-state index in [0.29, 0.717) is 23.2 Å². The number of fused-ring (bicyclic) bond motifs is 1. The second-order valence-corrected chi connectivity index (χ2v) is 7.01. The quantitative estimate of drug-likeness (QED) is 0.727. The van der Waals surface area contributed by atoms with Gasteiger partial charge in [0.2, 0.25) is 0 Å². The maximum absolute atomic E-state index is 12.5. The zero-order chi connectivity index (χ0) is 17.3. The van der Waals surface area contributed by atoms with E-state index in [0.717, 1.165) is 5.56 Å². The van der Waals surface area contributed by atoms with Crippen molar-refractivity contribution in [3.05, 3.63) is 58.6 Å². The number of aliphatic hydroxyl groups is 1. The molecule has 3 aromatic rings. The lowest BCUT2D eigenvalue weighted by molar-refractivity contribution is 0.299. The van der Waals surface area contributed by atoms with Crippen LogP contribution in [0.3, 0.4) is 0 Å². The van der Waals surface area contributed by atoms with Crippen LogP contribution in [0, 0.1) is 0 Å². The monoisotopic (exact) mass is 348 g/mol. The van der Waals surface area contributed by atoms with Gasteiger partial charge in [-0.15, -0.1) is 0 Å². The Morgan fingerprint density at radius 3 is 2.54 bits per heavy atom. The van der Waals surface area contributed by atoms with Crippen LogP contribution >= 0.6 is 0 Å². The molecule has 0 radical (unpaired) electrons. The highest BCUT2D eigenvalue weighted by atomic mass is 32.2. The third-order valence-electron chi connectivity index (χ3n) is 3.68. The summed E-state index contributed by atoms with van der Waals surface area (Å²) in [5, 5.41) is 8.89. The molecule has 2 aromatic carbocycles. The van der Waals surface area contributed by atoms with E-state index in [1.807, 2.05) is 0 Å². The molecule has 24 heavy (non-hydrogen) atoms. The summed E-state index contributed by atoms with van der Waals surface area (Å²) in [7, 11) is -2.28. The predicted octanol–water partition coefficient (Wildman–Crippen LogP) is 1.47. The molecule has 0 bridgehead atoms. The highest BCUT2D eigenvalue weighted by Gasteiger charge is 2.17. The number of sulfonamides is 1.